The fourth-order valence-electron chi connectivity index (χ4n) is 2.48. The molecule has 4 heteroatoms. The molecule has 0 fully saturated rings. The van der Waals surface area contributed by atoms with E-state index in [-0.39, 0.29) is 0 Å². The van der Waals surface area contributed by atoms with Crippen LogP contribution in [0.1, 0.15) is 23.4 Å². The molecule has 1 aromatic heterocycles. The molecule has 0 spiro atoms. The first-order valence-electron chi connectivity index (χ1n) is 7.44. The predicted octanol–water partition coefficient (Wildman–Crippen LogP) is 2.64. The summed E-state index contributed by atoms with van der Waals surface area (Å²) in [6.45, 7) is 4.82. The number of ether oxygens (including phenoxy) is 1. The van der Waals surface area contributed by atoms with Crippen LogP contribution >= 0.6 is 0 Å². The lowest BCUT2D eigenvalue weighted by Gasteiger charge is -2.16. The standard InChI is InChI=1S/C17H25N3O/c1-13-6-5-7-17(10-13)21-9-8-15(18-3)12-16-11-14(2)19-20(16)4/h5-7,10-11,15,18H,8-9,12H2,1-4H3. The lowest BCUT2D eigenvalue weighted by molar-refractivity contribution is 0.287. The lowest BCUT2D eigenvalue weighted by Crippen LogP contribution is -2.30. The van der Waals surface area contributed by atoms with Crippen molar-refractivity contribution < 1.29 is 4.74 Å². The van der Waals surface area contributed by atoms with E-state index in [9.17, 15) is 0 Å². The van der Waals surface area contributed by atoms with Gasteiger partial charge in [0.2, 0.25) is 0 Å². The molecule has 0 bridgehead atoms. The van der Waals surface area contributed by atoms with E-state index >= 15 is 0 Å². The van der Waals surface area contributed by atoms with Crippen molar-refractivity contribution >= 4 is 0 Å². The van der Waals surface area contributed by atoms with Gasteiger partial charge in [-0.2, -0.15) is 5.10 Å². The van der Waals surface area contributed by atoms with Crippen molar-refractivity contribution in [2.45, 2.75) is 32.7 Å². The van der Waals surface area contributed by atoms with Gasteiger partial charge >= 0.3 is 0 Å². The Morgan fingerprint density at radius 2 is 2.10 bits per heavy atom. The van der Waals surface area contributed by atoms with Crippen molar-refractivity contribution in [1.29, 1.82) is 0 Å². The molecular weight excluding hydrogens is 262 g/mol. The third-order valence-electron chi connectivity index (χ3n) is 3.69. The number of hydrogen-bond acceptors (Lipinski definition) is 3. The summed E-state index contributed by atoms with van der Waals surface area (Å²) < 4.78 is 7.79. The summed E-state index contributed by atoms with van der Waals surface area (Å²) in [6, 6.07) is 10.7. The van der Waals surface area contributed by atoms with Crippen molar-refractivity contribution in [2.24, 2.45) is 7.05 Å². The molecule has 0 aliphatic rings. The molecular formula is C17H25N3O. The first-order chi connectivity index (χ1) is 10.1. The highest BCUT2D eigenvalue weighted by atomic mass is 16.5. The van der Waals surface area contributed by atoms with Gasteiger partial charge in [-0.3, -0.25) is 4.68 Å². The largest absolute Gasteiger partial charge is 0.494 e. The number of aromatic nitrogens is 2. The SMILES string of the molecule is CNC(CCOc1cccc(C)c1)Cc1cc(C)nn1C. The van der Waals surface area contributed by atoms with E-state index in [4.69, 9.17) is 4.74 Å². The van der Waals surface area contributed by atoms with Crippen molar-refractivity contribution in [3.8, 4) is 5.75 Å². The number of hydrogen-bond donors (Lipinski definition) is 1. The third-order valence-corrected chi connectivity index (χ3v) is 3.69. The van der Waals surface area contributed by atoms with Gasteiger partial charge in [-0.25, -0.2) is 0 Å². The Balaban J connectivity index is 1.84. The van der Waals surface area contributed by atoms with Crippen molar-refractivity contribution in [1.82, 2.24) is 15.1 Å². The summed E-state index contributed by atoms with van der Waals surface area (Å²) in [7, 11) is 4.00. The fraction of sp³-hybridized carbons (Fsp3) is 0.471. The van der Waals surface area contributed by atoms with Crippen LogP contribution in [0.2, 0.25) is 0 Å². The van der Waals surface area contributed by atoms with Gasteiger partial charge in [0.15, 0.2) is 0 Å². The van der Waals surface area contributed by atoms with E-state index in [1.165, 1.54) is 11.3 Å². The summed E-state index contributed by atoms with van der Waals surface area (Å²) in [5.41, 5.74) is 3.55. The van der Waals surface area contributed by atoms with Gasteiger partial charge in [-0.05, 0) is 51.1 Å². The quantitative estimate of drug-likeness (QED) is 0.851. The number of aryl methyl sites for hydroxylation is 3. The molecule has 0 aliphatic heterocycles. The predicted molar refractivity (Wildman–Crippen MR) is 85.8 cm³/mol. The van der Waals surface area contributed by atoms with Crippen LogP contribution in [0.5, 0.6) is 5.75 Å². The second kappa shape index (κ2) is 7.27. The Bertz CT molecular complexity index is 577. The summed E-state index contributed by atoms with van der Waals surface area (Å²) in [4.78, 5) is 0. The molecule has 0 saturated heterocycles. The van der Waals surface area contributed by atoms with Crippen LogP contribution in [0.25, 0.3) is 0 Å². The lowest BCUT2D eigenvalue weighted by atomic mass is 10.1. The van der Waals surface area contributed by atoms with Crippen molar-refractivity contribution in [3.05, 3.63) is 47.3 Å². The molecule has 114 valence electrons. The van der Waals surface area contributed by atoms with Crippen molar-refractivity contribution in [2.75, 3.05) is 13.7 Å². The Morgan fingerprint density at radius 3 is 2.71 bits per heavy atom. The molecule has 4 nitrogen and oxygen atoms in total. The average Bonchev–Trinajstić information content (AvgIpc) is 2.76. The van der Waals surface area contributed by atoms with E-state index < -0.39 is 0 Å². The van der Waals surface area contributed by atoms with Gasteiger partial charge in [0.05, 0.1) is 12.3 Å². The minimum atomic E-state index is 0.393. The van der Waals surface area contributed by atoms with E-state index in [1.807, 2.05) is 37.8 Å². The molecule has 0 amide bonds. The highest BCUT2D eigenvalue weighted by Gasteiger charge is 2.11. The summed E-state index contributed by atoms with van der Waals surface area (Å²) in [5.74, 6) is 0.946. The number of benzene rings is 1. The summed E-state index contributed by atoms with van der Waals surface area (Å²) in [6.07, 6.45) is 1.93. The molecule has 1 heterocycles. The molecule has 0 saturated carbocycles. The fourth-order valence-corrected chi connectivity index (χ4v) is 2.48. The number of nitrogens with one attached hydrogen (secondary N) is 1. The maximum absolute atomic E-state index is 5.83. The number of nitrogens with zero attached hydrogens (tertiary/aromatic N) is 2. The molecule has 0 aliphatic carbocycles. The summed E-state index contributed by atoms with van der Waals surface area (Å²) in [5, 5.41) is 7.76. The van der Waals surface area contributed by atoms with Gasteiger partial charge in [0.1, 0.15) is 5.75 Å². The van der Waals surface area contributed by atoms with Gasteiger partial charge in [-0.15, -0.1) is 0 Å². The third kappa shape index (κ3) is 4.60. The molecule has 2 rings (SSSR count). The van der Waals surface area contributed by atoms with Crippen LogP contribution in [0.3, 0.4) is 0 Å². The molecule has 1 unspecified atom stereocenters. The summed E-state index contributed by atoms with van der Waals surface area (Å²) >= 11 is 0. The van der Waals surface area contributed by atoms with Crippen LogP contribution < -0.4 is 10.1 Å². The highest BCUT2D eigenvalue weighted by Crippen LogP contribution is 2.13. The number of likely N-dealkylation sites (N-methyl/N-ethyl adjacent to an activating group) is 1. The van der Waals surface area contributed by atoms with Gasteiger partial charge < -0.3 is 10.1 Å². The Kier molecular flexibility index (Phi) is 5.39. The molecule has 21 heavy (non-hydrogen) atoms. The zero-order valence-electron chi connectivity index (χ0n) is 13.4. The zero-order chi connectivity index (χ0) is 15.2. The molecule has 1 N–H and O–H groups in total. The average molecular weight is 287 g/mol. The maximum Gasteiger partial charge on any atom is 0.119 e. The van der Waals surface area contributed by atoms with Gasteiger partial charge in [0.25, 0.3) is 0 Å². The first-order valence-corrected chi connectivity index (χ1v) is 7.44. The van der Waals surface area contributed by atoms with Crippen LogP contribution in [-0.4, -0.2) is 29.5 Å². The molecule has 2 aromatic rings. The van der Waals surface area contributed by atoms with Gasteiger partial charge in [0, 0.05) is 25.2 Å². The highest BCUT2D eigenvalue weighted by molar-refractivity contribution is 5.27. The zero-order valence-corrected chi connectivity index (χ0v) is 13.4. The van der Waals surface area contributed by atoms with E-state index in [0.29, 0.717) is 12.6 Å². The van der Waals surface area contributed by atoms with Crippen molar-refractivity contribution in [3.63, 3.8) is 0 Å². The minimum absolute atomic E-state index is 0.393. The second-order valence-electron chi connectivity index (χ2n) is 5.54. The smallest absolute Gasteiger partial charge is 0.119 e. The topological polar surface area (TPSA) is 39.1 Å². The van der Waals surface area contributed by atoms with Crippen LogP contribution in [-0.2, 0) is 13.5 Å². The van der Waals surface area contributed by atoms with Crippen LogP contribution in [0.4, 0.5) is 0 Å². The Morgan fingerprint density at radius 1 is 1.29 bits per heavy atom. The maximum atomic E-state index is 5.83. The van der Waals surface area contributed by atoms with Crippen LogP contribution in [0, 0.1) is 13.8 Å². The Labute approximate surface area is 127 Å². The van der Waals surface area contributed by atoms with Crippen LogP contribution in [0.15, 0.2) is 30.3 Å². The molecule has 1 aromatic carbocycles. The van der Waals surface area contributed by atoms with Gasteiger partial charge in [-0.1, -0.05) is 12.1 Å². The Hall–Kier alpha value is -1.81. The van der Waals surface area contributed by atoms with E-state index in [2.05, 4.69) is 35.5 Å². The monoisotopic (exact) mass is 287 g/mol. The molecule has 1 atom stereocenters. The number of rotatable bonds is 7. The normalized spacial score (nSPS) is 12.4. The second-order valence-corrected chi connectivity index (χ2v) is 5.54. The van der Waals surface area contributed by atoms with E-state index in [0.717, 1.165) is 24.3 Å². The first kappa shape index (κ1) is 15.6. The van der Waals surface area contributed by atoms with E-state index in [1.54, 1.807) is 0 Å². The minimum Gasteiger partial charge on any atom is -0.494 e. The molecule has 0 radical (unpaired) electrons.